The molecule has 1 aliphatic heterocycles. The molecule has 2 N–H and O–H groups in total. The zero-order chi connectivity index (χ0) is 26.7. The summed E-state index contributed by atoms with van der Waals surface area (Å²) in [7, 11) is -4.17. The molecule has 12 heteroatoms. The smallest absolute Gasteiger partial charge is 0.247 e. The molecule has 2 amide bonds. The Morgan fingerprint density at radius 3 is 2.61 bits per heavy atom. The second-order valence-corrected chi connectivity index (χ2v) is 12.2. The Labute approximate surface area is 223 Å². The molecule has 1 saturated carbocycles. The van der Waals surface area contributed by atoms with Gasteiger partial charge in [0.25, 0.3) is 0 Å². The Balaban J connectivity index is 1.47. The number of thiazole rings is 1. The van der Waals surface area contributed by atoms with E-state index in [2.05, 4.69) is 15.6 Å². The average Bonchev–Trinajstić information content (AvgIpc) is 3.61. The van der Waals surface area contributed by atoms with E-state index < -0.39 is 27.0 Å². The van der Waals surface area contributed by atoms with Gasteiger partial charge in [-0.1, -0.05) is 36.4 Å². The first kappa shape index (κ1) is 26.4. The molecule has 1 aromatic carbocycles. The maximum absolute atomic E-state index is 14.7. The number of carbonyl (C=O) groups is 2. The van der Waals surface area contributed by atoms with Crippen molar-refractivity contribution in [1.82, 2.24) is 19.9 Å². The first-order valence-electron chi connectivity index (χ1n) is 12.3. The summed E-state index contributed by atoms with van der Waals surface area (Å²) in [4.78, 5) is 29.9. The van der Waals surface area contributed by atoms with Crippen LogP contribution < -0.4 is 10.6 Å². The summed E-state index contributed by atoms with van der Waals surface area (Å²) in [6.07, 6.45) is 11.7. The molecule has 0 radical (unpaired) electrons. The number of rotatable bonds is 8. The molecule has 0 bridgehead atoms. The van der Waals surface area contributed by atoms with Crippen LogP contribution in [0.25, 0.3) is 15.8 Å². The van der Waals surface area contributed by atoms with Gasteiger partial charge in [0.1, 0.15) is 10.8 Å². The lowest BCUT2D eigenvalue weighted by Gasteiger charge is -2.29. The largest absolute Gasteiger partial charge is 0.379 e. The van der Waals surface area contributed by atoms with Crippen molar-refractivity contribution in [1.29, 1.82) is 0 Å². The van der Waals surface area contributed by atoms with Crippen LogP contribution in [0.15, 0.2) is 60.5 Å². The number of aromatic nitrogens is 1. The second-order valence-electron chi connectivity index (χ2n) is 9.10. The number of halogens is 1. The first-order chi connectivity index (χ1) is 18.3. The molecule has 2 heterocycles. The second kappa shape index (κ2) is 11.3. The van der Waals surface area contributed by atoms with E-state index in [1.165, 1.54) is 10.4 Å². The molecule has 2 fully saturated rings. The first-order valence-corrected chi connectivity index (χ1v) is 14.6. The third-order valence-electron chi connectivity index (χ3n) is 6.27. The van der Waals surface area contributed by atoms with E-state index in [0.29, 0.717) is 21.4 Å². The van der Waals surface area contributed by atoms with E-state index in [1.54, 1.807) is 48.6 Å². The number of hydrogen-bond acceptors (Lipinski definition) is 7. The van der Waals surface area contributed by atoms with Crippen molar-refractivity contribution in [3.05, 3.63) is 71.1 Å². The van der Waals surface area contributed by atoms with E-state index in [9.17, 15) is 22.4 Å². The third-order valence-corrected chi connectivity index (χ3v) is 9.62. The van der Waals surface area contributed by atoms with Gasteiger partial charge in [-0.15, -0.1) is 11.3 Å². The number of ether oxygens (including phenoxy) is 1. The van der Waals surface area contributed by atoms with Crippen LogP contribution in [0.3, 0.4) is 0 Å². The normalized spacial score (nSPS) is 21.0. The highest BCUT2D eigenvalue weighted by atomic mass is 32.2. The summed E-state index contributed by atoms with van der Waals surface area (Å²) < 4.78 is 49.2. The molecule has 2 aliphatic carbocycles. The fraction of sp³-hybridized carbons (Fsp3) is 0.346. The number of amides is 2. The zero-order valence-electron chi connectivity index (χ0n) is 20.4. The van der Waals surface area contributed by atoms with Gasteiger partial charge in [-0.2, -0.15) is 4.31 Å². The number of morpholine rings is 1. The Kier molecular flexibility index (Phi) is 7.84. The van der Waals surface area contributed by atoms with Gasteiger partial charge >= 0.3 is 0 Å². The van der Waals surface area contributed by atoms with E-state index >= 15 is 0 Å². The van der Waals surface area contributed by atoms with Crippen LogP contribution in [0.4, 0.5) is 4.39 Å². The van der Waals surface area contributed by atoms with Gasteiger partial charge in [-0.05, 0) is 36.6 Å². The summed E-state index contributed by atoms with van der Waals surface area (Å²) in [6, 6.07) is 5.23. The van der Waals surface area contributed by atoms with Crippen LogP contribution in [0.2, 0.25) is 0 Å². The number of sulfonamides is 1. The van der Waals surface area contributed by atoms with Crippen LogP contribution >= 0.6 is 11.3 Å². The van der Waals surface area contributed by atoms with Crippen molar-refractivity contribution in [2.45, 2.75) is 24.1 Å². The molecule has 200 valence electrons. The van der Waals surface area contributed by atoms with Gasteiger partial charge in [0.05, 0.1) is 30.0 Å². The zero-order valence-corrected chi connectivity index (χ0v) is 22.1. The third kappa shape index (κ3) is 5.93. The van der Waals surface area contributed by atoms with Gasteiger partial charge in [0.2, 0.25) is 27.1 Å². The molecule has 1 saturated heterocycles. The van der Waals surface area contributed by atoms with Crippen LogP contribution in [-0.4, -0.2) is 68.4 Å². The van der Waals surface area contributed by atoms with Gasteiger partial charge in [0, 0.05) is 24.7 Å². The molecular formula is C26H27FN4O5S2. The van der Waals surface area contributed by atoms with Crippen LogP contribution in [-0.2, 0) is 24.3 Å². The summed E-state index contributed by atoms with van der Waals surface area (Å²) in [5.74, 6) is -1.61. The van der Waals surface area contributed by atoms with Gasteiger partial charge < -0.3 is 15.4 Å². The van der Waals surface area contributed by atoms with Crippen LogP contribution in [0.5, 0.6) is 0 Å². The Bertz CT molecular complexity index is 1470. The molecule has 38 heavy (non-hydrogen) atoms. The van der Waals surface area contributed by atoms with Crippen LogP contribution in [0, 0.1) is 0 Å². The maximum Gasteiger partial charge on any atom is 0.247 e. The number of benzene rings is 1. The van der Waals surface area contributed by atoms with Crippen molar-refractivity contribution < 1.29 is 27.1 Å². The summed E-state index contributed by atoms with van der Waals surface area (Å²) in [5.41, 5.74) is 1.45. The van der Waals surface area contributed by atoms with Crippen molar-refractivity contribution in [3.8, 4) is 0 Å². The SMILES string of the molecule is O=C(CNC(=O)C(c1nc2ccc(C3=C/C=C\C=C\C=C3F)cc2s1)S(=O)(=O)N1CCOCC1)NC1CC1. The van der Waals surface area contributed by atoms with Gasteiger partial charge in [-0.25, -0.2) is 17.8 Å². The van der Waals surface area contributed by atoms with Crippen molar-refractivity contribution in [2.24, 2.45) is 0 Å². The highest BCUT2D eigenvalue weighted by Crippen LogP contribution is 2.35. The Morgan fingerprint density at radius 1 is 1.13 bits per heavy atom. The van der Waals surface area contributed by atoms with E-state index in [-0.39, 0.29) is 49.8 Å². The minimum atomic E-state index is -4.17. The quantitative estimate of drug-likeness (QED) is 0.515. The van der Waals surface area contributed by atoms with Gasteiger partial charge in [-0.3, -0.25) is 9.59 Å². The van der Waals surface area contributed by atoms with Crippen molar-refractivity contribution >= 4 is 49.0 Å². The summed E-state index contributed by atoms with van der Waals surface area (Å²) >= 11 is 1.06. The number of carbonyl (C=O) groups excluding carboxylic acids is 2. The fourth-order valence-corrected chi connectivity index (χ4v) is 7.25. The predicted octanol–water partition coefficient (Wildman–Crippen LogP) is 2.76. The number of nitrogens with one attached hydrogen (secondary N) is 2. The summed E-state index contributed by atoms with van der Waals surface area (Å²) in [6.45, 7) is 0.341. The minimum absolute atomic E-state index is 0.0780. The molecule has 3 aliphatic rings. The van der Waals surface area contributed by atoms with Crippen LogP contribution in [0.1, 0.15) is 28.7 Å². The number of hydrogen-bond donors (Lipinski definition) is 2. The number of fused-ring (bicyclic) bond motifs is 1. The fourth-order valence-electron chi connectivity index (χ4n) is 4.14. The maximum atomic E-state index is 14.7. The average molecular weight is 559 g/mol. The Hall–Kier alpha value is -3.19. The monoisotopic (exact) mass is 558 g/mol. The molecule has 0 spiro atoms. The molecule has 1 unspecified atom stereocenters. The predicted molar refractivity (Wildman–Crippen MR) is 143 cm³/mol. The van der Waals surface area contributed by atoms with E-state index in [1.807, 2.05) is 0 Å². The number of allylic oxidation sites excluding steroid dienone is 8. The molecule has 5 rings (SSSR count). The lowest BCUT2D eigenvalue weighted by molar-refractivity contribution is -0.126. The number of nitrogens with zero attached hydrogens (tertiary/aromatic N) is 2. The minimum Gasteiger partial charge on any atom is -0.379 e. The Morgan fingerprint density at radius 2 is 1.87 bits per heavy atom. The lowest BCUT2D eigenvalue weighted by atomic mass is 10.0. The van der Waals surface area contributed by atoms with Crippen molar-refractivity contribution in [3.63, 3.8) is 0 Å². The molecule has 1 aromatic heterocycles. The van der Waals surface area contributed by atoms with E-state index in [0.717, 1.165) is 24.2 Å². The van der Waals surface area contributed by atoms with Crippen molar-refractivity contribution in [2.75, 3.05) is 32.8 Å². The van der Waals surface area contributed by atoms with E-state index in [4.69, 9.17) is 4.74 Å². The highest BCUT2D eigenvalue weighted by molar-refractivity contribution is 7.90. The molecule has 9 nitrogen and oxygen atoms in total. The molecule has 2 aromatic rings. The molecule has 1 atom stereocenters. The highest BCUT2D eigenvalue weighted by Gasteiger charge is 2.42. The van der Waals surface area contributed by atoms with Gasteiger partial charge in [0.15, 0.2) is 0 Å². The standard InChI is InChI=1S/C26H27FN4O5S2/c27-20-6-4-2-1-3-5-19(20)17-7-10-21-22(15-17)37-26(30-21)24(38(34,35)31-11-13-36-14-12-31)25(33)28-16-23(32)29-18-8-9-18/h1-7,10,15,18,24H,8-9,11-14,16H2,(H,28,33)(H,29,32)/b2-1?,3-1-,4-2+,5-3?,6-4?,19-5?,20-6?,20-19?. The lowest BCUT2D eigenvalue weighted by Crippen LogP contribution is -2.47. The summed E-state index contributed by atoms with van der Waals surface area (Å²) in [5, 5.41) is 3.69. The molecular weight excluding hydrogens is 531 g/mol. The topological polar surface area (TPSA) is 118 Å².